The van der Waals surface area contributed by atoms with Gasteiger partial charge in [0.1, 0.15) is 0 Å². The van der Waals surface area contributed by atoms with Crippen LogP contribution in [0.1, 0.15) is 0 Å². The maximum absolute atomic E-state index is 5.37. The molecule has 10 aromatic carbocycles. The molecular formula is C61H39N5. The van der Waals surface area contributed by atoms with Crippen LogP contribution in [0.4, 0.5) is 0 Å². The van der Waals surface area contributed by atoms with Gasteiger partial charge in [0.05, 0.1) is 27.8 Å². The van der Waals surface area contributed by atoms with E-state index >= 15 is 0 Å². The molecule has 0 bridgehead atoms. The van der Waals surface area contributed by atoms with Crippen LogP contribution in [0, 0.1) is 0 Å². The predicted molar refractivity (Wildman–Crippen MR) is 273 cm³/mol. The minimum absolute atomic E-state index is 0.613. The van der Waals surface area contributed by atoms with Crippen molar-refractivity contribution in [2.45, 2.75) is 0 Å². The Hall–Kier alpha value is -8.93. The van der Waals surface area contributed by atoms with Crippen molar-refractivity contribution < 1.29 is 0 Å². The lowest BCUT2D eigenvalue weighted by Crippen LogP contribution is -2.01. The van der Waals surface area contributed by atoms with Crippen LogP contribution in [-0.2, 0) is 0 Å². The highest BCUT2D eigenvalue weighted by molar-refractivity contribution is 6.18. The van der Waals surface area contributed by atoms with E-state index in [1.807, 2.05) is 6.07 Å². The Kier molecular flexibility index (Phi) is 8.78. The van der Waals surface area contributed by atoms with E-state index in [9.17, 15) is 0 Å². The van der Waals surface area contributed by atoms with E-state index in [0.29, 0.717) is 17.5 Å². The minimum Gasteiger partial charge on any atom is -0.307 e. The zero-order chi connectivity index (χ0) is 43.6. The molecule has 66 heavy (non-hydrogen) atoms. The minimum atomic E-state index is 0.613. The van der Waals surface area contributed by atoms with Crippen LogP contribution in [0.25, 0.3) is 122 Å². The molecule has 0 atom stereocenters. The molecule has 5 heteroatoms. The highest BCUT2D eigenvalue weighted by Gasteiger charge is 2.23. The number of hydrogen-bond acceptors (Lipinski definition) is 3. The molecule has 0 N–H and O–H groups in total. The largest absolute Gasteiger partial charge is 0.307 e. The van der Waals surface area contributed by atoms with Crippen molar-refractivity contribution >= 4 is 54.4 Å². The van der Waals surface area contributed by atoms with E-state index in [1.165, 1.54) is 32.6 Å². The summed E-state index contributed by atoms with van der Waals surface area (Å²) in [5, 5.41) is 7.06. The smallest absolute Gasteiger partial charge is 0.164 e. The number of rotatable bonds is 7. The summed E-state index contributed by atoms with van der Waals surface area (Å²) in [5.74, 6) is 1.84. The van der Waals surface area contributed by atoms with E-state index in [-0.39, 0.29) is 0 Å². The molecule has 0 amide bonds. The third kappa shape index (κ3) is 6.13. The van der Waals surface area contributed by atoms with Crippen molar-refractivity contribution in [2.75, 3.05) is 0 Å². The predicted octanol–water partition coefficient (Wildman–Crippen LogP) is 15.6. The third-order valence-corrected chi connectivity index (χ3v) is 13.0. The third-order valence-electron chi connectivity index (χ3n) is 13.0. The molecule has 3 aromatic heterocycles. The molecule has 0 fully saturated rings. The fraction of sp³-hybridized carbons (Fsp3) is 0. The summed E-state index contributed by atoms with van der Waals surface area (Å²) in [7, 11) is 0. The molecule has 3 heterocycles. The second-order valence-corrected chi connectivity index (χ2v) is 16.8. The van der Waals surface area contributed by atoms with E-state index in [2.05, 4.69) is 240 Å². The van der Waals surface area contributed by atoms with Crippen LogP contribution >= 0.6 is 0 Å². The molecule has 0 radical (unpaired) electrons. The Morgan fingerprint density at radius 1 is 0.288 bits per heavy atom. The molecule has 0 unspecified atom stereocenters. The van der Waals surface area contributed by atoms with Crippen LogP contribution < -0.4 is 0 Å². The first-order valence-corrected chi connectivity index (χ1v) is 22.4. The molecule has 13 rings (SSSR count). The second-order valence-electron chi connectivity index (χ2n) is 16.8. The van der Waals surface area contributed by atoms with Gasteiger partial charge < -0.3 is 9.13 Å². The van der Waals surface area contributed by atoms with Gasteiger partial charge in [-0.2, -0.15) is 0 Å². The Morgan fingerprint density at radius 2 is 0.818 bits per heavy atom. The van der Waals surface area contributed by atoms with E-state index in [0.717, 1.165) is 72.1 Å². The zero-order valence-corrected chi connectivity index (χ0v) is 35.8. The second kappa shape index (κ2) is 15.4. The first-order chi connectivity index (χ1) is 32.7. The fourth-order valence-electron chi connectivity index (χ4n) is 9.99. The van der Waals surface area contributed by atoms with Gasteiger partial charge in [0.15, 0.2) is 17.5 Å². The Balaban J connectivity index is 1.04. The van der Waals surface area contributed by atoms with Gasteiger partial charge in [-0.15, -0.1) is 0 Å². The van der Waals surface area contributed by atoms with Crippen molar-refractivity contribution in [3.05, 3.63) is 237 Å². The van der Waals surface area contributed by atoms with Crippen LogP contribution in [0.15, 0.2) is 237 Å². The van der Waals surface area contributed by atoms with Crippen LogP contribution in [-0.4, -0.2) is 24.1 Å². The summed E-state index contributed by atoms with van der Waals surface area (Å²) in [5.41, 5.74) is 14.0. The van der Waals surface area contributed by atoms with Crippen molar-refractivity contribution in [2.24, 2.45) is 0 Å². The van der Waals surface area contributed by atoms with Gasteiger partial charge in [0.25, 0.3) is 0 Å². The van der Waals surface area contributed by atoms with E-state index in [1.54, 1.807) is 0 Å². The molecule has 0 spiro atoms. The topological polar surface area (TPSA) is 48.5 Å². The number of fused-ring (bicyclic) bond motifs is 7. The van der Waals surface area contributed by atoms with Crippen molar-refractivity contribution in [3.63, 3.8) is 0 Å². The quantitative estimate of drug-likeness (QED) is 0.161. The number of benzene rings is 10. The standard InChI is InChI=1S/C61H39N5/c1-3-17-40(18-4-1)44-21-13-22-45(39-44)60-62-59(43-37-35-42(36-38-43)48-28-14-20-41-19-7-8-25-47(41)48)63-61(64-60)52-30-16-33-55-57(52)51-27-10-12-32-54(51)66(55)56-34-15-29-50-49-26-9-11-31-53(49)65(58(50)56)46-23-5-2-6-24-46/h1-39H. The van der Waals surface area contributed by atoms with Gasteiger partial charge >= 0.3 is 0 Å². The first kappa shape index (κ1) is 37.6. The van der Waals surface area contributed by atoms with E-state index < -0.39 is 0 Å². The number of nitrogens with zero attached hydrogens (tertiary/aromatic N) is 5. The molecule has 0 aliphatic rings. The van der Waals surface area contributed by atoms with Crippen LogP contribution in [0.5, 0.6) is 0 Å². The Morgan fingerprint density at radius 3 is 1.64 bits per heavy atom. The maximum Gasteiger partial charge on any atom is 0.164 e. The van der Waals surface area contributed by atoms with Gasteiger partial charge in [-0.05, 0) is 75.5 Å². The lowest BCUT2D eigenvalue weighted by molar-refractivity contribution is 1.08. The summed E-state index contributed by atoms with van der Waals surface area (Å²) in [6.45, 7) is 0. The van der Waals surface area contributed by atoms with Gasteiger partial charge in [-0.1, -0.05) is 194 Å². The lowest BCUT2D eigenvalue weighted by atomic mass is 9.97. The van der Waals surface area contributed by atoms with Crippen molar-refractivity contribution in [1.82, 2.24) is 24.1 Å². The summed E-state index contributed by atoms with van der Waals surface area (Å²) < 4.78 is 4.83. The average Bonchev–Trinajstić information content (AvgIpc) is 3.92. The average molecular weight is 842 g/mol. The van der Waals surface area contributed by atoms with Gasteiger partial charge in [-0.3, -0.25) is 0 Å². The van der Waals surface area contributed by atoms with Crippen molar-refractivity contribution in [3.8, 4) is 67.8 Å². The van der Waals surface area contributed by atoms with Crippen LogP contribution in [0.3, 0.4) is 0 Å². The Labute approximate surface area is 381 Å². The molecule has 0 saturated carbocycles. The molecule has 0 saturated heterocycles. The number of aromatic nitrogens is 5. The molecule has 0 aliphatic carbocycles. The maximum atomic E-state index is 5.37. The molecule has 5 nitrogen and oxygen atoms in total. The summed E-state index contributed by atoms with van der Waals surface area (Å²) >= 11 is 0. The first-order valence-electron chi connectivity index (χ1n) is 22.4. The van der Waals surface area contributed by atoms with Gasteiger partial charge in [-0.25, -0.2) is 15.0 Å². The summed E-state index contributed by atoms with van der Waals surface area (Å²) in [6.07, 6.45) is 0. The van der Waals surface area contributed by atoms with Crippen molar-refractivity contribution in [1.29, 1.82) is 0 Å². The zero-order valence-electron chi connectivity index (χ0n) is 35.8. The highest BCUT2D eigenvalue weighted by Crippen LogP contribution is 2.42. The normalized spacial score (nSPS) is 11.6. The number of hydrogen-bond donors (Lipinski definition) is 0. The lowest BCUT2D eigenvalue weighted by Gasteiger charge is -2.14. The van der Waals surface area contributed by atoms with Gasteiger partial charge in [0.2, 0.25) is 0 Å². The Bertz CT molecular complexity index is 3970. The highest BCUT2D eigenvalue weighted by atomic mass is 15.1. The molecule has 0 aliphatic heterocycles. The fourth-order valence-corrected chi connectivity index (χ4v) is 9.99. The SMILES string of the molecule is c1ccc(-c2cccc(-c3nc(-c4ccc(-c5cccc6ccccc56)cc4)nc(-c4cccc5c4c4ccccc4n5-c4cccc5c6ccccc6n(-c6ccccc6)c45)n3)c2)cc1. The monoisotopic (exact) mass is 841 g/mol. The molecule has 13 aromatic rings. The summed E-state index contributed by atoms with van der Waals surface area (Å²) in [4.78, 5) is 16.0. The van der Waals surface area contributed by atoms with Gasteiger partial charge in [0, 0.05) is 43.9 Å². The van der Waals surface area contributed by atoms with E-state index in [4.69, 9.17) is 15.0 Å². The summed E-state index contributed by atoms with van der Waals surface area (Å²) in [6, 6.07) is 83.9. The molecular weight excluding hydrogens is 803 g/mol. The molecule has 308 valence electrons. The van der Waals surface area contributed by atoms with Crippen LogP contribution in [0.2, 0.25) is 0 Å². The number of para-hydroxylation sites is 4.